The van der Waals surface area contributed by atoms with Crippen molar-refractivity contribution in [2.75, 3.05) is 6.54 Å². The van der Waals surface area contributed by atoms with Crippen LogP contribution in [-0.2, 0) is 21.4 Å². The predicted molar refractivity (Wildman–Crippen MR) is 101 cm³/mol. The number of hydrogen-bond donors (Lipinski definition) is 2. The molecule has 0 unspecified atom stereocenters. The van der Waals surface area contributed by atoms with Crippen LogP contribution in [0.4, 0.5) is 0 Å². The normalized spacial score (nSPS) is 14.8. The summed E-state index contributed by atoms with van der Waals surface area (Å²) in [7, 11) is -3.76. The van der Waals surface area contributed by atoms with E-state index in [1.54, 1.807) is 36.7 Å². The summed E-state index contributed by atoms with van der Waals surface area (Å²) in [4.78, 5) is 15.9. The van der Waals surface area contributed by atoms with Gasteiger partial charge in [-0.15, -0.1) is 0 Å². The van der Waals surface area contributed by atoms with E-state index in [1.807, 2.05) is 0 Å². The molecule has 0 atom stereocenters. The quantitative estimate of drug-likeness (QED) is 0.720. The number of benzene rings is 1. The highest BCUT2D eigenvalue weighted by atomic mass is 32.2. The van der Waals surface area contributed by atoms with E-state index in [0.717, 1.165) is 18.4 Å². The Bertz CT molecular complexity index is 848. The van der Waals surface area contributed by atoms with Gasteiger partial charge < -0.3 is 10.1 Å². The van der Waals surface area contributed by atoms with Gasteiger partial charge in [-0.25, -0.2) is 13.1 Å². The number of ether oxygens (including phenoxy) is 1. The van der Waals surface area contributed by atoms with Crippen molar-refractivity contribution in [3.05, 3.63) is 54.4 Å². The van der Waals surface area contributed by atoms with E-state index < -0.39 is 15.9 Å². The first-order chi connectivity index (χ1) is 13.0. The summed E-state index contributed by atoms with van der Waals surface area (Å²) >= 11 is 0. The van der Waals surface area contributed by atoms with Crippen LogP contribution in [0, 0.1) is 0 Å². The zero-order valence-electron chi connectivity index (χ0n) is 14.9. The number of rotatable bonds is 8. The summed E-state index contributed by atoms with van der Waals surface area (Å²) in [5.41, 5.74) is 0.888. The Labute approximate surface area is 159 Å². The minimum Gasteiger partial charge on any atom is -0.490 e. The molecule has 27 heavy (non-hydrogen) atoms. The smallest absolute Gasteiger partial charge is 0.241 e. The van der Waals surface area contributed by atoms with Gasteiger partial charge in [-0.05, 0) is 67.6 Å². The average molecular weight is 389 g/mol. The number of carbonyl (C=O) groups is 1. The van der Waals surface area contributed by atoms with Gasteiger partial charge in [0.25, 0.3) is 0 Å². The molecule has 0 bridgehead atoms. The predicted octanol–water partition coefficient (Wildman–Crippen LogP) is 2.00. The van der Waals surface area contributed by atoms with Crippen LogP contribution in [0.5, 0.6) is 5.75 Å². The van der Waals surface area contributed by atoms with Crippen molar-refractivity contribution in [2.45, 2.75) is 43.2 Å². The summed E-state index contributed by atoms with van der Waals surface area (Å²) in [6.45, 7) is -0.00989. The highest BCUT2D eigenvalue weighted by Crippen LogP contribution is 2.24. The molecule has 1 fully saturated rings. The van der Waals surface area contributed by atoms with E-state index >= 15 is 0 Å². The third-order valence-electron chi connectivity index (χ3n) is 4.40. The molecule has 1 aliphatic carbocycles. The summed E-state index contributed by atoms with van der Waals surface area (Å²) < 4.78 is 32.8. The van der Waals surface area contributed by atoms with Crippen molar-refractivity contribution in [1.82, 2.24) is 15.0 Å². The minimum atomic E-state index is -3.76. The van der Waals surface area contributed by atoms with Gasteiger partial charge in [-0.1, -0.05) is 0 Å². The van der Waals surface area contributed by atoms with Crippen molar-refractivity contribution in [2.24, 2.45) is 0 Å². The molecule has 2 N–H and O–H groups in total. The van der Waals surface area contributed by atoms with Crippen LogP contribution in [-0.4, -0.2) is 32.0 Å². The van der Waals surface area contributed by atoms with Gasteiger partial charge in [0, 0.05) is 18.9 Å². The lowest BCUT2D eigenvalue weighted by Crippen LogP contribution is -2.36. The topological polar surface area (TPSA) is 97.4 Å². The lowest BCUT2D eigenvalue weighted by atomic mass is 10.3. The SMILES string of the molecule is O=C(CNS(=O)(=O)c1ccc(OC2CCCC2)cc1)NCc1ccncc1. The molecule has 0 radical (unpaired) electrons. The van der Waals surface area contributed by atoms with E-state index in [0.29, 0.717) is 12.3 Å². The third kappa shape index (κ3) is 5.77. The number of nitrogens with zero attached hydrogens (tertiary/aromatic N) is 1. The molecule has 0 spiro atoms. The molecule has 8 heteroatoms. The van der Waals surface area contributed by atoms with E-state index in [9.17, 15) is 13.2 Å². The Kier molecular flexibility index (Phi) is 6.41. The second kappa shape index (κ2) is 8.96. The molecule has 1 aromatic carbocycles. The maximum Gasteiger partial charge on any atom is 0.241 e. The Morgan fingerprint density at radius 3 is 2.41 bits per heavy atom. The van der Waals surface area contributed by atoms with Crippen LogP contribution in [0.15, 0.2) is 53.7 Å². The average Bonchev–Trinajstić information content (AvgIpc) is 3.19. The Morgan fingerprint density at radius 2 is 1.74 bits per heavy atom. The Hall–Kier alpha value is -2.45. The zero-order valence-corrected chi connectivity index (χ0v) is 15.7. The fraction of sp³-hybridized carbons (Fsp3) is 0.368. The molecule has 1 heterocycles. The second-order valence-electron chi connectivity index (χ2n) is 6.45. The van der Waals surface area contributed by atoms with Crippen molar-refractivity contribution >= 4 is 15.9 Å². The first kappa shape index (κ1) is 19.3. The molecule has 1 amide bonds. The summed E-state index contributed by atoms with van der Waals surface area (Å²) in [6.07, 6.45) is 7.89. The summed E-state index contributed by atoms with van der Waals surface area (Å²) in [5.74, 6) is 0.257. The molecule has 3 rings (SSSR count). The van der Waals surface area contributed by atoms with Gasteiger partial charge in [0.1, 0.15) is 5.75 Å². The highest BCUT2D eigenvalue weighted by molar-refractivity contribution is 7.89. The maximum atomic E-state index is 12.3. The van der Waals surface area contributed by atoms with Gasteiger partial charge in [0.15, 0.2) is 0 Å². The molecule has 1 saturated carbocycles. The number of aromatic nitrogens is 1. The minimum absolute atomic E-state index is 0.100. The van der Waals surface area contributed by atoms with Gasteiger partial charge in [-0.3, -0.25) is 9.78 Å². The van der Waals surface area contributed by atoms with Gasteiger partial charge in [0.2, 0.25) is 15.9 Å². The Balaban J connectivity index is 1.49. The maximum absolute atomic E-state index is 12.3. The molecular formula is C19H23N3O4S. The van der Waals surface area contributed by atoms with Crippen molar-refractivity contribution in [1.29, 1.82) is 0 Å². The Morgan fingerprint density at radius 1 is 1.07 bits per heavy atom. The first-order valence-corrected chi connectivity index (χ1v) is 10.4. The third-order valence-corrected chi connectivity index (χ3v) is 5.82. The molecular weight excluding hydrogens is 366 g/mol. The molecule has 7 nitrogen and oxygen atoms in total. The van der Waals surface area contributed by atoms with Crippen LogP contribution >= 0.6 is 0 Å². The van der Waals surface area contributed by atoms with Crippen LogP contribution in [0.3, 0.4) is 0 Å². The van der Waals surface area contributed by atoms with Crippen molar-refractivity contribution < 1.29 is 17.9 Å². The van der Waals surface area contributed by atoms with Crippen LogP contribution < -0.4 is 14.8 Å². The number of amides is 1. The fourth-order valence-corrected chi connectivity index (χ4v) is 3.89. The van der Waals surface area contributed by atoms with Crippen LogP contribution in [0.1, 0.15) is 31.2 Å². The van der Waals surface area contributed by atoms with Crippen molar-refractivity contribution in [3.8, 4) is 5.75 Å². The summed E-state index contributed by atoms with van der Waals surface area (Å²) in [6, 6.07) is 9.83. The van der Waals surface area contributed by atoms with Crippen molar-refractivity contribution in [3.63, 3.8) is 0 Å². The second-order valence-corrected chi connectivity index (χ2v) is 8.22. The van der Waals surface area contributed by atoms with E-state index in [2.05, 4.69) is 15.0 Å². The lowest BCUT2D eigenvalue weighted by Gasteiger charge is -2.13. The molecule has 2 aromatic rings. The zero-order chi connectivity index (χ0) is 19.1. The van der Waals surface area contributed by atoms with E-state index in [4.69, 9.17) is 4.74 Å². The highest BCUT2D eigenvalue weighted by Gasteiger charge is 2.18. The van der Waals surface area contributed by atoms with Gasteiger partial charge in [-0.2, -0.15) is 0 Å². The summed E-state index contributed by atoms with van der Waals surface area (Å²) in [5, 5.41) is 2.66. The lowest BCUT2D eigenvalue weighted by molar-refractivity contribution is -0.120. The largest absolute Gasteiger partial charge is 0.490 e. The number of hydrogen-bond acceptors (Lipinski definition) is 5. The number of pyridine rings is 1. The van der Waals surface area contributed by atoms with E-state index in [1.165, 1.54) is 25.0 Å². The first-order valence-electron chi connectivity index (χ1n) is 8.95. The molecule has 1 aromatic heterocycles. The molecule has 0 aliphatic heterocycles. The number of sulfonamides is 1. The molecule has 144 valence electrons. The molecule has 0 saturated heterocycles. The van der Waals surface area contributed by atoms with Crippen LogP contribution in [0.25, 0.3) is 0 Å². The van der Waals surface area contributed by atoms with Gasteiger partial charge in [0.05, 0.1) is 17.5 Å². The monoisotopic (exact) mass is 389 g/mol. The standard InChI is InChI=1S/C19H23N3O4S/c23-19(21-13-15-9-11-20-12-10-15)14-22-27(24,25)18-7-5-17(6-8-18)26-16-3-1-2-4-16/h5-12,16,22H,1-4,13-14H2,(H,21,23). The van der Waals surface area contributed by atoms with E-state index in [-0.39, 0.29) is 17.5 Å². The molecule has 1 aliphatic rings. The number of carbonyl (C=O) groups excluding carboxylic acids is 1. The number of nitrogens with one attached hydrogen (secondary N) is 2. The van der Waals surface area contributed by atoms with Gasteiger partial charge >= 0.3 is 0 Å². The van der Waals surface area contributed by atoms with Crippen LogP contribution in [0.2, 0.25) is 0 Å². The fourth-order valence-electron chi connectivity index (χ4n) is 2.90.